The fourth-order valence-electron chi connectivity index (χ4n) is 3.79. The molecule has 8 heteroatoms. The van der Waals surface area contributed by atoms with Crippen molar-refractivity contribution in [2.24, 2.45) is 0 Å². The molecule has 0 bridgehead atoms. The molecule has 0 radical (unpaired) electrons. The number of nitrogens with zero attached hydrogens (tertiary/aromatic N) is 3. The molecule has 2 aromatic rings. The Morgan fingerprint density at radius 2 is 1.33 bits per heavy atom. The molecule has 0 atom stereocenters. The second-order valence-electron chi connectivity index (χ2n) is 7.25. The first-order valence-electron chi connectivity index (χ1n) is 9.77. The predicted molar refractivity (Wildman–Crippen MR) is 107 cm³/mol. The molecular formula is C22H21N3O5. The lowest BCUT2D eigenvalue weighted by molar-refractivity contribution is -0.132. The average molecular weight is 407 g/mol. The Morgan fingerprint density at radius 3 is 1.93 bits per heavy atom. The third-order valence-corrected chi connectivity index (χ3v) is 5.48. The van der Waals surface area contributed by atoms with Crippen LogP contribution in [-0.2, 0) is 4.79 Å². The highest BCUT2D eigenvalue weighted by atomic mass is 16.3. The molecule has 154 valence electrons. The van der Waals surface area contributed by atoms with Crippen LogP contribution in [0.4, 0.5) is 0 Å². The fraction of sp³-hybridized carbons (Fsp3) is 0.273. The lowest BCUT2D eigenvalue weighted by Gasteiger charge is -2.35. The summed E-state index contributed by atoms with van der Waals surface area (Å²) in [5, 5.41) is 9.86. The summed E-state index contributed by atoms with van der Waals surface area (Å²) in [5.41, 5.74) is 0.973. The zero-order chi connectivity index (χ0) is 21.3. The van der Waals surface area contributed by atoms with Gasteiger partial charge in [-0.15, -0.1) is 0 Å². The quantitative estimate of drug-likeness (QED) is 0.772. The molecule has 0 aromatic heterocycles. The molecule has 2 heterocycles. The molecule has 30 heavy (non-hydrogen) atoms. The van der Waals surface area contributed by atoms with Crippen molar-refractivity contribution in [1.29, 1.82) is 0 Å². The Hall–Kier alpha value is -3.68. The summed E-state index contributed by atoms with van der Waals surface area (Å²) < 4.78 is 0. The number of hydrogen-bond donors (Lipinski definition) is 1. The zero-order valence-electron chi connectivity index (χ0n) is 16.3. The SMILES string of the molecule is O=C(CCN1C(=O)c2ccccc2C1=O)N1CCN(C(=O)c2ccccc2O)CC1. The summed E-state index contributed by atoms with van der Waals surface area (Å²) in [5.74, 6) is -1.25. The first-order valence-corrected chi connectivity index (χ1v) is 9.77. The Kier molecular flexibility index (Phi) is 5.22. The number of aromatic hydroxyl groups is 1. The number of phenols is 1. The van der Waals surface area contributed by atoms with Gasteiger partial charge < -0.3 is 14.9 Å². The van der Waals surface area contributed by atoms with Crippen LogP contribution in [0.2, 0.25) is 0 Å². The topological polar surface area (TPSA) is 98.2 Å². The first kappa shape index (κ1) is 19.6. The van der Waals surface area contributed by atoms with Crippen LogP contribution < -0.4 is 0 Å². The van der Waals surface area contributed by atoms with E-state index in [9.17, 15) is 24.3 Å². The molecule has 4 rings (SSSR count). The Morgan fingerprint density at radius 1 is 0.800 bits per heavy atom. The van der Waals surface area contributed by atoms with E-state index in [1.807, 2.05) is 0 Å². The minimum Gasteiger partial charge on any atom is -0.507 e. The second kappa shape index (κ2) is 7.98. The molecule has 0 spiro atoms. The molecule has 0 unspecified atom stereocenters. The minimum atomic E-state index is -0.374. The van der Waals surface area contributed by atoms with Crippen molar-refractivity contribution in [3.8, 4) is 5.75 Å². The van der Waals surface area contributed by atoms with Gasteiger partial charge in [-0.2, -0.15) is 0 Å². The van der Waals surface area contributed by atoms with Gasteiger partial charge in [-0.05, 0) is 24.3 Å². The number of rotatable bonds is 4. The molecule has 2 aliphatic heterocycles. The van der Waals surface area contributed by atoms with Gasteiger partial charge in [0.1, 0.15) is 5.75 Å². The van der Waals surface area contributed by atoms with Crippen molar-refractivity contribution < 1.29 is 24.3 Å². The van der Waals surface area contributed by atoms with Crippen molar-refractivity contribution >= 4 is 23.6 Å². The molecule has 1 fully saturated rings. The molecule has 4 amide bonds. The van der Waals surface area contributed by atoms with Crippen LogP contribution >= 0.6 is 0 Å². The standard InChI is InChI=1S/C22H21N3O5/c26-18-8-4-3-7-17(18)20(28)24-13-11-23(12-14-24)19(27)9-10-25-21(29)15-5-1-2-6-16(15)22(25)30/h1-8,26H,9-14H2. The summed E-state index contributed by atoms with van der Waals surface area (Å²) in [6.45, 7) is 1.46. The summed E-state index contributed by atoms with van der Waals surface area (Å²) in [6, 6.07) is 13.0. The summed E-state index contributed by atoms with van der Waals surface area (Å²) in [7, 11) is 0. The Bertz CT molecular complexity index is 992. The highest BCUT2D eigenvalue weighted by Crippen LogP contribution is 2.23. The molecule has 0 aliphatic carbocycles. The smallest absolute Gasteiger partial charge is 0.261 e. The van der Waals surface area contributed by atoms with Gasteiger partial charge in [0.15, 0.2) is 0 Å². The number of amides is 4. The number of piperazine rings is 1. The number of imide groups is 1. The maximum atomic E-state index is 12.6. The van der Waals surface area contributed by atoms with Gasteiger partial charge in [-0.1, -0.05) is 24.3 Å². The van der Waals surface area contributed by atoms with Crippen molar-refractivity contribution in [1.82, 2.24) is 14.7 Å². The van der Waals surface area contributed by atoms with Crippen LogP contribution in [0.5, 0.6) is 5.75 Å². The van der Waals surface area contributed by atoms with Crippen molar-refractivity contribution in [3.05, 3.63) is 65.2 Å². The molecule has 2 aliphatic rings. The van der Waals surface area contributed by atoms with Gasteiger partial charge in [-0.3, -0.25) is 24.1 Å². The number of carbonyl (C=O) groups excluding carboxylic acids is 4. The minimum absolute atomic E-state index is 0.0300. The van der Waals surface area contributed by atoms with E-state index in [2.05, 4.69) is 0 Å². The van der Waals surface area contributed by atoms with E-state index in [0.29, 0.717) is 37.3 Å². The number of hydrogen-bond acceptors (Lipinski definition) is 5. The molecular weight excluding hydrogens is 386 g/mol. The normalized spacial score (nSPS) is 16.1. The van der Waals surface area contributed by atoms with E-state index in [1.165, 1.54) is 6.07 Å². The van der Waals surface area contributed by atoms with Gasteiger partial charge in [0.05, 0.1) is 16.7 Å². The van der Waals surface area contributed by atoms with Crippen LogP contribution in [0.25, 0.3) is 0 Å². The Balaban J connectivity index is 1.30. The number of carbonyl (C=O) groups is 4. The van der Waals surface area contributed by atoms with Gasteiger partial charge >= 0.3 is 0 Å². The lowest BCUT2D eigenvalue weighted by Crippen LogP contribution is -2.51. The number of fused-ring (bicyclic) bond motifs is 1. The molecule has 2 aromatic carbocycles. The summed E-state index contributed by atoms with van der Waals surface area (Å²) >= 11 is 0. The second-order valence-corrected chi connectivity index (χ2v) is 7.25. The average Bonchev–Trinajstić information content (AvgIpc) is 3.02. The zero-order valence-corrected chi connectivity index (χ0v) is 16.3. The van der Waals surface area contributed by atoms with Gasteiger partial charge in [-0.25, -0.2) is 0 Å². The highest BCUT2D eigenvalue weighted by molar-refractivity contribution is 6.21. The van der Waals surface area contributed by atoms with E-state index >= 15 is 0 Å². The monoisotopic (exact) mass is 407 g/mol. The van der Waals surface area contributed by atoms with E-state index in [1.54, 1.807) is 52.3 Å². The van der Waals surface area contributed by atoms with E-state index in [-0.39, 0.29) is 47.9 Å². The lowest BCUT2D eigenvalue weighted by atomic mass is 10.1. The van der Waals surface area contributed by atoms with E-state index < -0.39 is 0 Å². The number of para-hydroxylation sites is 1. The van der Waals surface area contributed by atoms with Crippen molar-refractivity contribution in [2.45, 2.75) is 6.42 Å². The van der Waals surface area contributed by atoms with Crippen LogP contribution in [0, 0.1) is 0 Å². The fourth-order valence-corrected chi connectivity index (χ4v) is 3.79. The number of benzene rings is 2. The number of phenolic OH excluding ortho intramolecular Hbond substituents is 1. The summed E-state index contributed by atoms with van der Waals surface area (Å²) in [4.78, 5) is 54.3. The summed E-state index contributed by atoms with van der Waals surface area (Å²) in [6.07, 6.45) is 0.0406. The maximum absolute atomic E-state index is 12.6. The third-order valence-electron chi connectivity index (χ3n) is 5.48. The molecule has 8 nitrogen and oxygen atoms in total. The Labute approximate surface area is 173 Å². The third kappa shape index (κ3) is 3.52. The van der Waals surface area contributed by atoms with Crippen LogP contribution in [-0.4, -0.2) is 76.2 Å². The van der Waals surface area contributed by atoms with Crippen molar-refractivity contribution in [2.75, 3.05) is 32.7 Å². The van der Waals surface area contributed by atoms with Crippen molar-refractivity contribution in [3.63, 3.8) is 0 Å². The van der Waals surface area contributed by atoms with E-state index in [4.69, 9.17) is 0 Å². The van der Waals surface area contributed by atoms with Gasteiger partial charge in [0, 0.05) is 39.1 Å². The predicted octanol–water partition coefficient (Wildman–Crippen LogP) is 1.36. The molecule has 0 saturated carbocycles. The van der Waals surface area contributed by atoms with Gasteiger partial charge in [0.2, 0.25) is 5.91 Å². The highest BCUT2D eigenvalue weighted by Gasteiger charge is 2.35. The van der Waals surface area contributed by atoms with Crippen LogP contribution in [0.15, 0.2) is 48.5 Å². The van der Waals surface area contributed by atoms with E-state index in [0.717, 1.165) is 4.90 Å². The first-order chi connectivity index (χ1) is 14.5. The molecule has 1 saturated heterocycles. The van der Waals surface area contributed by atoms with Crippen LogP contribution in [0.3, 0.4) is 0 Å². The molecule has 1 N–H and O–H groups in total. The largest absolute Gasteiger partial charge is 0.507 e. The maximum Gasteiger partial charge on any atom is 0.261 e. The van der Waals surface area contributed by atoms with Gasteiger partial charge in [0.25, 0.3) is 17.7 Å². The van der Waals surface area contributed by atoms with Crippen LogP contribution in [0.1, 0.15) is 37.5 Å².